The highest BCUT2D eigenvalue weighted by atomic mass is 16.5. The Hall–Kier alpha value is -3.48. The molecule has 144 valence electrons. The van der Waals surface area contributed by atoms with Gasteiger partial charge in [-0.25, -0.2) is 10.5 Å². The first-order valence-electron chi connectivity index (χ1n) is 9.08. The number of nitrogens with one attached hydrogen (secondary N) is 2. The van der Waals surface area contributed by atoms with E-state index in [1.54, 1.807) is 24.3 Å². The third kappa shape index (κ3) is 4.82. The minimum Gasteiger partial charge on any atom is -0.494 e. The average Bonchev–Trinajstić information content (AvgIpc) is 2.69. The van der Waals surface area contributed by atoms with Crippen LogP contribution in [0.2, 0.25) is 0 Å². The van der Waals surface area contributed by atoms with Crippen molar-refractivity contribution >= 4 is 22.9 Å². The predicted octanol–water partition coefficient (Wildman–Crippen LogP) is 3.11. The highest BCUT2D eigenvalue weighted by molar-refractivity contribution is 6.04. The smallest absolute Gasteiger partial charge is 0.292 e. The first-order valence-corrected chi connectivity index (χ1v) is 9.08. The Morgan fingerprint density at radius 1 is 1.18 bits per heavy atom. The number of ether oxygens (including phenoxy) is 1. The van der Waals surface area contributed by atoms with Gasteiger partial charge >= 0.3 is 0 Å². The van der Waals surface area contributed by atoms with Crippen molar-refractivity contribution in [2.45, 2.75) is 20.3 Å². The number of carbonyl (C=O) groups excluding carboxylic acids is 1. The molecule has 0 spiro atoms. The number of hydrogen-bond acceptors (Lipinski definition) is 5. The monoisotopic (exact) mass is 378 g/mol. The largest absolute Gasteiger partial charge is 0.494 e. The second-order valence-corrected chi connectivity index (χ2v) is 6.75. The standard InChI is InChI=1S/C21H22N4O3/c1-14(2)11-12-28-16-9-7-15(8-10-16)13-22-24-21(27)19-17-5-3-4-6-18(17)20(26)25-23-19/h3-10,13-14H,11-12H2,1-2H3,(H,24,27)(H,25,26)/b22-13-. The van der Waals surface area contributed by atoms with Gasteiger partial charge in [-0.15, -0.1) is 0 Å². The van der Waals surface area contributed by atoms with E-state index in [0.717, 1.165) is 17.7 Å². The Morgan fingerprint density at radius 2 is 1.89 bits per heavy atom. The van der Waals surface area contributed by atoms with Gasteiger partial charge in [0, 0.05) is 5.39 Å². The lowest BCUT2D eigenvalue weighted by Crippen LogP contribution is -2.22. The second-order valence-electron chi connectivity index (χ2n) is 6.75. The SMILES string of the molecule is CC(C)CCOc1ccc(/C=N\NC(=O)c2n[nH]c(=O)c3ccccc23)cc1. The number of hydrogen-bond donors (Lipinski definition) is 2. The van der Waals surface area contributed by atoms with Crippen molar-refractivity contribution in [2.75, 3.05) is 6.61 Å². The molecule has 0 aliphatic rings. The first-order chi connectivity index (χ1) is 13.5. The summed E-state index contributed by atoms with van der Waals surface area (Å²) in [5.74, 6) is 0.896. The van der Waals surface area contributed by atoms with E-state index in [4.69, 9.17) is 4.74 Å². The summed E-state index contributed by atoms with van der Waals surface area (Å²) in [4.78, 5) is 24.1. The summed E-state index contributed by atoms with van der Waals surface area (Å²) in [7, 11) is 0. The highest BCUT2D eigenvalue weighted by Crippen LogP contribution is 2.13. The van der Waals surface area contributed by atoms with Crippen LogP contribution < -0.4 is 15.7 Å². The maximum Gasteiger partial charge on any atom is 0.292 e. The number of aromatic amines is 1. The number of rotatable bonds is 7. The second kappa shape index (κ2) is 8.94. The summed E-state index contributed by atoms with van der Waals surface area (Å²) in [6, 6.07) is 14.2. The van der Waals surface area contributed by atoms with Crippen molar-refractivity contribution in [1.82, 2.24) is 15.6 Å². The molecule has 0 radical (unpaired) electrons. The van der Waals surface area contributed by atoms with Crippen LogP contribution in [-0.4, -0.2) is 28.9 Å². The number of H-pyrrole nitrogens is 1. The zero-order valence-corrected chi connectivity index (χ0v) is 15.8. The molecule has 2 aromatic carbocycles. The fourth-order valence-corrected chi connectivity index (χ4v) is 2.57. The molecule has 0 saturated carbocycles. The van der Waals surface area contributed by atoms with Crippen molar-refractivity contribution in [2.24, 2.45) is 11.0 Å². The van der Waals surface area contributed by atoms with E-state index in [9.17, 15) is 9.59 Å². The quantitative estimate of drug-likeness (QED) is 0.488. The Kier molecular flexibility index (Phi) is 6.16. The van der Waals surface area contributed by atoms with Crippen LogP contribution in [0.25, 0.3) is 10.8 Å². The Morgan fingerprint density at radius 3 is 2.61 bits per heavy atom. The van der Waals surface area contributed by atoms with Gasteiger partial charge in [-0.2, -0.15) is 10.2 Å². The van der Waals surface area contributed by atoms with Crippen LogP contribution in [0.5, 0.6) is 5.75 Å². The fourth-order valence-electron chi connectivity index (χ4n) is 2.57. The minimum atomic E-state index is -0.502. The van der Waals surface area contributed by atoms with E-state index in [0.29, 0.717) is 23.3 Å². The Labute approximate surface area is 162 Å². The molecule has 3 rings (SSSR count). The maximum atomic E-state index is 12.4. The first kappa shape index (κ1) is 19.3. The van der Waals surface area contributed by atoms with Gasteiger partial charge in [-0.3, -0.25) is 9.59 Å². The number of benzene rings is 2. The molecule has 7 heteroatoms. The summed E-state index contributed by atoms with van der Waals surface area (Å²) in [6.07, 6.45) is 2.53. The number of nitrogens with zero attached hydrogens (tertiary/aromatic N) is 2. The molecule has 0 aliphatic carbocycles. The molecule has 3 aromatic rings. The third-order valence-electron chi connectivity index (χ3n) is 4.13. The van der Waals surface area contributed by atoms with Crippen LogP contribution in [0.4, 0.5) is 0 Å². The van der Waals surface area contributed by atoms with E-state index < -0.39 is 5.91 Å². The van der Waals surface area contributed by atoms with Crippen LogP contribution in [0.1, 0.15) is 36.3 Å². The lowest BCUT2D eigenvalue weighted by molar-refractivity contribution is 0.0951. The Balaban J connectivity index is 1.63. The Bertz CT molecular complexity index is 1040. The van der Waals surface area contributed by atoms with Gasteiger partial charge in [0.2, 0.25) is 0 Å². The number of fused-ring (bicyclic) bond motifs is 1. The van der Waals surface area contributed by atoms with Crippen molar-refractivity contribution in [1.29, 1.82) is 0 Å². The van der Waals surface area contributed by atoms with Crippen LogP contribution in [-0.2, 0) is 0 Å². The summed E-state index contributed by atoms with van der Waals surface area (Å²) in [5.41, 5.74) is 3.02. The molecule has 1 heterocycles. The van der Waals surface area contributed by atoms with Gasteiger partial charge in [0.15, 0.2) is 5.69 Å². The molecule has 2 N–H and O–H groups in total. The van der Waals surface area contributed by atoms with E-state index >= 15 is 0 Å². The van der Waals surface area contributed by atoms with Gasteiger partial charge < -0.3 is 4.74 Å². The number of amides is 1. The van der Waals surface area contributed by atoms with Crippen molar-refractivity contribution in [3.63, 3.8) is 0 Å². The van der Waals surface area contributed by atoms with Gasteiger partial charge in [0.1, 0.15) is 5.75 Å². The summed E-state index contributed by atoms with van der Waals surface area (Å²) in [5, 5.41) is 11.0. The lowest BCUT2D eigenvalue weighted by atomic mass is 10.1. The molecule has 1 amide bonds. The fraction of sp³-hybridized carbons (Fsp3) is 0.238. The third-order valence-corrected chi connectivity index (χ3v) is 4.13. The van der Waals surface area contributed by atoms with Gasteiger partial charge in [-0.05, 0) is 48.2 Å². The zero-order valence-electron chi connectivity index (χ0n) is 15.8. The summed E-state index contributed by atoms with van der Waals surface area (Å²) in [6.45, 7) is 4.99. The van der Waals surface area contributed by atoms with E-state index in [2.05, 4.69) is 34.6 Å². The minimum absolute atomic E-state index is 0.112. The van der Waals surface area contributed by atoms with Crippen molar-refractivity contribution in [3.8, 4) is 5.75 Å². The molecule has 0 aliphatic heterocycles. The number of hydrazone groups is 1. The molecule has 0 saturated heterocycles. The van der Waals surface area contributed by atoms with Crippen LogP contribution in [0, 0.1) is 5.92 Å². The molecule has 0 bridgehead atoms. The number of aromatic nitrogens is 2. The van der Waals surface area contributed by atoms with Gasteiger partial charge in [0.25, 0.3) is 11.5 Å². The average molecular weight is 378 g/mol. The van der Waals surface area contributed by atoms with Crippen LogP contribution in [0.3, 0.4) is 0 Å². The number of carbonyl (C=O) groups is 1. The predicted molar refractivity (Wildman–Crippen MR) is 109 cm³/mol. The van der Waals surface area contributed by atoms with Crippen molar-refractivity contribution in [3.05, 3.63) is 70.1 Å². The molecule has 1 aromatic heterocycles. The van der Waals surface area contributed by atoms with Gasteiger partial charge in [-0.1, -0.05) is 32.0 Å². The molecule has 7 nitrogen and oxygen atoms in total. The maximum absolute atomic E-state index is 12.4. The summed E-state index contributed by atoms with van der Waals surface area (Å²) < 4.78 is 5.67. The van der Waals surface area contributed by atoms with E-state index in [-0.39, 0.29) is 11.3 Å². The van der Waals surface area contributed by atoms with E-state index in [1.165, 1.54) is 6.21 Å². The zero-order chi connectivity index (χ0) is 19.9. The van der Waals surface area contributed by atoms with Gasteiger partial charge in [0.05, 0.1) is 18.2 Å². The molecular weight excluding hydrogens is 356 g/mol. The molecule has 0 fully saturated rings. The molecule has 0 unspecified atom stereocenters. The lowest BCUT2D eigenvalue weighted by Gasteiger charge is -2.08. The topological polar surface area (TPSA) is 96.4 Å². The normalized spacial score (nSPS) is 11.2. The van der Waals surface area contributed by atoms with Crippen molar-refractivity contribution < 1.29 is 9.53 Å². The van der Waals surface area contributed by atoms with Crippen LogP contribution in [0.15, 0.2) is 58.4 Å². The molecule has 0 atom stereocenters. The van der Waals surface area contributed by atoms with Crippen LogP contribution >= 0.6 is 0 Å². The molecular formula is C21H22N4O3. The summed E-state index contributed by atoms with van der Waals surface area (Å²) >= 11 is 0. The highest BCUT2D eigenvalue weighted by Gasteiger charge is 2.13. The molecule has 28 heavy (non-hydrogen) atoms. The van der Waals surface area contributed by atoms with E-state index in [1.807, 2.05) is 24.3 Å².